The van der Waals surface area contributed by atoms with Crippen LogP contribution in [0.2, 0.25) is 0 Å². The Hall–Kier alpha value is -2.08. The first-order chi connectivity index (χ1) is 14.5. The van der Waals surface area contributed by atoms with E-state index in [0.717, 1.165) is 13.1 Å². The van der Waals surface area contributed by atoms with Gasteiger partial charge in [0.15, 0.2) is 0 Å². The third-order valence-corrected chi connectivity index (χ3v) is 6.85. The molecule has 0 amide bonds. The fourth-order valence-electron chi connectivity index (χ4n) is 4.88. The molecule has 0 saturated heterocycles. The van der Waals surface area contributed by atoms with Gasteiger partial charge in [0.25, 0.3) is 0 Å². The van der Waals surface area contributed by atoms with Crippen LogP contribution in [-0.2, 0) is 13.1 Å². The van der Waals surface area contributed by atoms with Crippen LogP contribution in [0, 0.1) is 5.41 Å². The van der Waals surface area contributed by atoms with Crippen LogP contribution in [-0.4, -0.2) is 27.4 Å². The van der Waals surface area contributed by atoms with Gasteiger partial charge in [0.2, 0.25) is 6.34 Å². The van der Waals surface area contributed by atoms with E-state index in [-0.39, 0.29) is 11.0 Å². The van der Waals surface area contributed by atoms with Crippen molar-refractivity contribution >= 4 is 14.1 Å². The molecule has 0 spiro atoms. The van der Waals surface area contributed by atoms with Crippen LogP contribution in [0.1, 0.15) is 44.7 Å². The number of benzene rings is 2. The van der Waals surface area contributed by atoms with Gasteiger partial charge in [0.05, 0.1) is 0 Å². The minimum absolute atomic E-state index is 0.223. The summed E-state index contributed by atoms with van der Waals surface area (Å²) >= 11 is 0. The SMILES string of the molecule is CC1(C)[C@@H]2CC[C@@]1(C)N(Cc1ccccc1)C=[N+]2Cc1ccccc1.F[P-](F)(F)(F)(F)F. The summed E-state index contributed by atoms with van der Waals surface area (Å²) < 4.78 is 61.8. The predicted octanol–water partition coefficient (Wildman–Crippen LogP) is 8.07. The van der Waals surface area contributed by atoms with Crippen molar-refractivity contribution in [2.24, 2.45) is 5.41 Å². The van der Waals surface area contributed by atoms with Crippen LogP contribution in [0.3, 0.4) is 0 Å². The van der Waals surface area contributed by atoms with Crippen molar-refractivity contribution in [1.82, 2.24) is 4.90 Å². The maximum atomic E-state index is 9.87. The molecule has 2 bridgehead atoms. The molecule has 178 valence electrons. The van der Waals surface area contributed by atoms with Gasteiger partial charge < -0.3 is 0 Å². The van der Waals surface area contributed by atoms with Crippen LogP contribution in [0.5, 0.6) is 0 Å². The first-order valence-corrected chi connectivity index (χ1v) is 12.5. The second kappa shape index (κ2) is 7.47. The molecule has 32 heavy (non-hydrogen) atoms. The molecule has 1 aliphatic carbocycles. The van der Waals surface area contributed by atoms with E-state index in [1.165, 1.54) is 24.0 Å². The number of nitrogens with zero attached hydrogens (tertiary/aromatic N) is 2. The number of rotatable bonds is 4. The van der Waals surface area contributed by atoms with Crippen molar-refractivity contribution in [2.75, 3.05) is 0 Å². The third-order valence-electron chi connectivity index (χ3n) is 6.85. The summed E-state index contributed by atoms with van der Waals surface area (Å²) in [6.45, 7) is 9.38. The van der Waals surface area contributed by atoms with E-state index >= 15 is 0 Å². The number of hydrogen-bond donors (Lipinski definition) is 0. The van der Waals surface area contributed by atoms with Gasteiger partial charge in [-0.1, -0.05) is 74.5 Å². The van der Waals surface area contributed by atoms with E-state index in [1.54, 1.807) is 0 Å². The molecule has 1 saturated carbocycles. The van der Waals surface area contributed by atoms with Crippen LogP contribution in [0.4, 0.5) is 25.2 Å². The van der Waals surface area contributed by atoms with Gasteiger partial charge in [-0.25, -0.2) is 0 Å². The van der Waals surface area contributed by atoms with E-state index in [2.05, 4.69) is 97.2 Å². The maximum absolute atomic E-state index is 10.7. The van der Waals surface area contributed by atoms with E-state index in [1.807, 2.05) is 0 Å². The van der Waals surface area contributed by atoms with Crippen molar-refractivity contribution < 1.29 is 29.8 Å². The van der Waals surface area contributed by atoms with Crippen LogP contribution in [0.15, 0.2) is 60.7 Å². The Balaban J connectivity index is 0.000000360. The third kappa shape index (κ3) is 6.25. The van der Waals surface area contributed by atoms with Gasteiger partial charge in [0.1, 0.15) is 24.7 Å². The quantitative estimate of drug-likeness (QED) is 0.245. The molecule has 0 N–H and O–H groups in total. The Morgan fingerprint density at radius 1 is 0.844 bits per heavy atom. The van der Waals surface area contributed by atoms with E-state index in [9.17, 15) is 25.2 Å². The molecule has 9 heteroatoms. The molecule has 2 nitrogen and oxygen atoms in total. The first-order valence-electron chi connectivity index (χ1n) is 10.5. The zero-order chi connectivity index (χ0) is 23.9. The van der Waals surface area contributed by atoms with E-state index in [0.29, 0.717) is 6.04 Å². The van der Waals surface area contributed by atoms with Gasteiger partial charge in [-0.3, -0.25) is 9.48 Å². The molecule has 2 atom stereocenters. The van der Waals surface area contributed by atoms with Crippen LogP contribution >= 0.6 is 7.81 Å². The molecule has 2 aliphatic rings. The van der Waals surface area contributed by atoms with Crippen molar-refractivity contribution in [3.63, 3.8) is 0 Å². The fraction of sp³-hybridized carbons (Fsp3) is 0.435. The van der Waals surface area contributed by atoms with Crippen molar-refractivity contribution in [2.45, 2.75) is 58.3 Å². The summed E-state index contributed by atoms with van der Waals surface area (Å²) in [6, 6.07) is 22.4. The Morgan fingerprint density at radius 3 is 1.81 bits per heavy atom. The van der Waals surface area contributed by atoms with E-state index < -0.39 is 7.81 Å². The number of fused-ring (bicyclic) bond motifs is 2. The topological polar surface area (TPSA) is 6.25 Å². The summed E-state index contributed by atoms with van der Waals surface area (Å²) in [6.07, 6.45) is 4.96. The monoisotopic (exact) mass is 478 g/mol. The van der Waals surface area contributed by atoms with Crippen molar-refractivity contribution in [1.29, 1.82) is 0 Å². The number of halogens is 6. The van der Waals surface area contributed by atoms with Gasteiger partial charge in [-0.2, -0.15) is 0 Å². The van der Waals surface area contributed by atoms with Crippen LogP contribution < -0.4 is 0 Å². The van der Waals surface area contributed by atoms with E-state index in [4.69, 9.17) is 0 Å². The molecule has 2 aromatic rings. The summed E-state index contributed by atoms with van der Waals surface area (Å²) in [5.41, 5.74) is 3.27. The average Bonchev–Trinajstić information content (AvgIpc) is 2.79. The molecular formula is C23H29F6N2P. The van der Waals surface area contributed by atoms with Crippen molar-refractivity contribution in [3.05, 3.63) is 71.8 Å². The minimum atomic E-state index is -10.7. The Kier molecular flexibility index (Phi) is 5.74. The average molecular weight is 478 g/mol. The van der Waals surface area contributed by atoms with Gasteiger partial charge in [-0.15, -0.1) is 0 Å². The molecule has 1 aliphatic heterocycles. The predicted molar refractivity (Wildman–Crippen MR) is 117 cm³/mol. The Labute approximate surface area is 184 Å². The molecular weight excluding hydrogens is 449 g/mol. The standard InChI is InChI=1S/C23H29N2.F6P/c1-22(2)21-14-15-23(22,3)25(17-20-12-8-5-9-13-20)18-24(21)16-19-10-6-4-7-11-19;1-7(2,3,4,5)6/h4-13,18,21H,14-17H2,1-3H3;/q+1;-1/t21-,23+;/m0./s1. The number of hydrogen-bond acceptors (Lipinski definition) is 1. The second-order valence-electron chi connectivity index (χ2n) is 9.40. The first kappa shape index (κ1) is 24.6. The van der Waals surface area contributed by atoms with Gasteiger partial charge in [0, 0.05) is 5.41 Å². The summed E-state index contributed by atoms with van der Waals surface area (Å²) in [5, 5.41) is 0. The Morgan fingerprint density at radius 2 is 1.31 bits per heavy atom. The van der Waals surface area contributed by atoms with Crippen LogP contribution in [0.25, 0.3) is 0 Å². The summed E-state index contributed by atoms with van der Waals surface area (Å²) in [5.74, 6) is 0. The zero-order valence-electron chi connectivity index (χ0n) is 18.4. The summed E-state index contributed by atoms with van der Waals surface area (Å²) in [4.78, 5) is 2.61. The molecule has 2 aromatic carbocycles. The molecule has 1 fully saturated rings. The molecule has 4 rings (SSSR count). The molecule has 0 unspecified atom stereocenters. The van der Waals surface area contributed by atoms with Crippen molar-refractivity contribution in [3.8, 4) is 0 Å². The molecule has 1 heterocycles. The molecule has 0 aromatic heterocycles. The second-order valence-corrected chi connectivity index (χ2v) is 11.3. The normalized spacial score (nSPS) is 26.3. The van der Waals surface area contributed by atoms with Gasteiger partial charge in [-0.05, 0) is 30.9 Å². The Bertz CT molecular complexity index is 963. The fourth-order valence-corrected chi connectivity index (χ4v) is 4.88. The van der Waals surface area contributed by atoms with Gasteiger partial charge >= 0.3 is 33.0 Å². The zero-order valence-corrected chi connectivity index (χ0v) is 19.3. The molecule has 0 radical (unpaired) electrons. The summed E-state index contributed by atoms with van der Waals surface area (Å²) in [7, 11) is -10.7.